The van der Waals surface area contributed by atoms with E-state index in [1.807, 2.05) is 30.9 Å². The molecule has 1 N–H and O–H groups in total. The molecular weight excluding hydrogens is 398 g/mol. The van der Waals surface area contributed by atoms with Crippen LogP contribution in [0.15, 0.2) is 23.1 Å². The van der Waals surface area contributed by atoms with Crippen molar-refractivity contribution in [2.45, 2.75) is 38.0 Å². The Morgan fingerprint density at radius 1 is 1.11 bits per heavy atom. The van der Waals surface area contributed by atoms with E-state index in [0.29, 0.717) is 31.1 Å². The first-order valence-corrected chi connectivity index (χ1v) is 11.3. The van der Waals surface area contributed by atoms with Crippen molar-refractivity contribution in [2.75, 3.05) is 39.3 Å². The Labute approximate surface area is 174 Å². The molecule has 8 heteroatoms. The Morgan fingerprint density at radius 2 is 1.75 bits per heavy atom. The standard InChI is InChI=1S/C20H29N3O3S.ClH/c1-15-3-4-16(2)18(13-15)27(25,26)23-11-9-22(10-12-23)19(24)17-14-20(17)5-7-21-8-6-20;/h3-4,13,17,21H,5-12,14H2,1-2H3;1H. The van der Waals surface area contributed by atoms with Gasteiger partial charge in [0.1, 0.15) is 0 Å². The highest BCUT2D eigenvalue weighted by Crippen LogP contribution is 2.59. The van der Waals surface area contributed by atoms with Crippen LogP contribution in [0.3, 0.4) is 0 Å². The Bertz CT molecular complexity index is 844. The molecule has 1 unspecified atom stereocenters. The molecule has 3 aliphatic rings. The van der Waals surface area contributed by atoms with Crippen molar-refractivity contribution in [3.63, 3.8) is 0 Å². The van der Waals surface area contributed by atoms with Gasteiger partial charge in [-0.15, -0.1) is 12.4 Å². The first-order chi connectivity index (χ1) is 12.8. The van der Waals surface area contributed by atoms with Crippen LogP contribution < -0.4 is 5.32 Å². The third kappa shape index (κ3) is 3.82. The van der Waals surface area contributed by atoms with Gasteiger partial charge in [-0.3, -0.25) is 4.79 Å². The van der Waals surface area contributed by atoms with Crippen molar-refractivity contribution in [3.8, 4) is 0 Å². The summed E-state index contributed by atoms with van der Waals surface area (Å²) in [6, 6.07) is 5.53. The molecule has 28 heavy (non-hydrogen) atoms. The summed E-state index contributed by atoms with van der Waals surface area (Å²) in [7, 11) is -3.51. The maximum atomic E-state index is 13.0. The molecule has 1 atom stereocenters. The van der Waals surface area contributed by atoms with Gasteiger partial charge in [-0.1, -0.05) is 12.1 Å². The molecule has 1 spiro atoms. The number of hydrogen-bond donors (Lipinski definition) is 1. The third-order valence-corrected chi connectivity index (χ3v) is 8.64. The highest BCUT2D eigenvalue weighted by Gasteiger charge is 2.58. The molecule has 1 amide bonds. The number of nitrogens with zero attached hydrogens (tertiary/aromatic N) is 2. The number of rotatable bonds is 3. The lowest BCUT2D eigenvalue weighted by molar-refractivity contribution is -0.134. The number of piperazine rings is 1. The fourth-order valence-electron chi connectivity index (χ4n) is 4.67. The molecule has 1 aromatic rings. The van der Waals surface area contributed by atoms with E-state index in [1.165, 1.54) is 4.31 Å². The highest BCUT2D eigenvalue weighted by atomic mass is 35.5. The largest absolute Gasteiger partial charge is 0.340 e. The van der Waals surface area contributed by atoms with Gasteiger partial charge < -0.3 is 10.2 Å². The third-order valence-electron chi connectivity index (χ3n) is 6.60. The Kier molecular flexibility index (Phi) is 6.11. The second-order valence-electron chi connectivity index (χ2n) is 8.37. The van der Waals surface area contributed by atoms with Crippen molar-refractivity contribution in [1.82, 2.24) is 14.5 Å². The molecule has 6 nitrogen and oxygen atoms in total. The summed E-state index contributed by atoms with van der Waals surface area (Å²) in [5.74, 6) is 0.391. The normalized spacial score (nSPS) is 24.6. The molecular formula is C20H30ClN3O3S. The highest BCUT2D eigenvalue weighted by molar-refractivity contribution is 7.89. The lowest BCUT2D eigenvalue weighted by Gasteiger charge is -2.35. The van der Waals surface area contributed by atoms with Crippen molar-refractivity contribution in [2.24, 2.45) is 11.3 Å². The van der Waals surface area contributed by atoms with Crippen LogP contribution in [0, 0.1) is 25.2 Å². The van der Waals surface area contributed by atoms with E-state index >= 15 is 0 Å². The number of benzene rings is 1. The van der Waals surface area contributed by atoms with Gasteiger partial charge in [0.25, 0.3) is 0 Å². The summed E-state index contributed by atoms with van der Waals surface area (Å²) < 4.78 is 27.6. The summed E-state index contributed by atoms with van der Waals surface area (Å²) in [6.45, 7) is 7.49. The topological polar surface area (TPSA) is 69.7 Å². The molecule has 3 fully saturated rings. The predicted octanol–water partition coefficient (Wildman–Crippen LogP) is 1.95. The number of nitrogens with one attached hydrogen (secondary N) is 1. The fraction of sp³-hybridized carbons (Fsp3) is 0.650. The maximum Gasteiger partial charge on any atom is 0.243 e. The van der Waals surface area contributed by atoms with Crippen LogP contribution in [-0.2, 0) is 14.8 Å². The maximum absolute atomic E-state index is 13.0. The van der Waals surface area contributed by atoms with E-state index < -0.39 is 10.0 Å². The lowest BCUT2D eigenvalue weighted by atomic mass is 9.91. The first-order valence-electron chi connectivity index (χ1n) is 9.90. The summed E-state index contributed by atoms with van der Waals surface area (Å²) in [6.07, 6.45) is 3.18. The van der Waals surface area contributed by atoms with Crippen LogP contribution in [-0.4, -0.2) is 62.8 Å². The van der Waals surface area contributed by atoms with Gasteiger partial charge in [0.15, 0.2) is 0 Å². The number of sulfonamides is 1. The number of carbonyl (C=O) groups is 1. The second-order valence-corrected chi connectivity index (χ2v) is 10.3. The molecule has 0 bridgehead atoms. The quantitative estimate of drug-likeness (QED) is 0.800. The smallest absolute Gasteiger partial charge is 0.243 e. The van der Waals surface area contributed by atoms with Crippen LogP contribution in [0.25, 0.3) is 0 Å². The van der Waals surface area contributed by atoms with E-state index in [4.69, 9.17) is 0 Å². The minimum atomic E-state index is -3.51. The molecule has 2 aliphatic heterocycles. The Morgan fingerprint density at radius 3 is 2.39 bits per heavy atom. The Balaban J connectivity index is 0.00000225. The van der Waals surface area contributed by atoms with E-state index in [-0.39, 0.29) is 29.6 Å². The van der Waals surface area contributed by atoms with Gasteiger partial charge in [0.05, 0.1) is 4.90 Å². The zero-order valence-electron chi connectivity index (χ0n) is 16.6. The molecule has 1 saturated carbocycles. The average Bonchev–Trinajstić information content (AvgIpc) is 3.36. The van der Waals surface area contributed by atoms with E-state index in [0.717, 1.165) is 43.5 Å². The molecule has 1 aliphatic carbocycles. The molecule has 0 radical (unpaired) electrons. The van der Waals surface area contributed by atoms with Crippen LogP contribution in [0.2, 0.25) is 0 Å². The predicted molar refractivity (Wildman–Crippen MR) is 111 cm³/mol. The van der Waals surface area contributed by atoms with Crippen LogP contribution in [0.1, 0.15) is 30.4 Å². The Hall–Kier alpha value is -1.15. The van der Waals surface area contributed by atoms with Crippen molar-refractivity contribution < 1.29 is 13.2 Å². The van der Waals surface area contributed by atoms with E-state index in [1.54, 1.807) is 6.07 Å². The fourth-order valence-corrected chi connectivity index (χ4v) is 6.40. The van der Waals surface area contributed by atoms with Crippen molar-refractivity contribution >= 4 is 28.3 Å². The van der Waals surface area contributed by atoms with Crippen molar-refractivity contribution in [3.05, 3.63) is 29.3 Å². The number of halogens is 1. The van der Waals surface area contributed by atoms with Gasteiger partial charge in [-0.05, 0) is 68.8 Å². The van der Waals surface area contributed by atoms with Crippen LogP contribution in [0.5, 0.6) is 0 Å². The van der Waals surface area contributed by atoms with Gasteiger partial charge >= 0.3 is 0 Å². The summed E-state index contributed by atoms with van der Waals surface area (Å²) in [5, 5.41) is 3.37. The van der Waals surface area contributed by atoms with Gasteiger partial charge in [0, 0.05) is 32.1 Å². The summed E-state index contributed by atoms with van der Waals surface area (Å²) in [4.78, 5) is 15.2. The van der Waals surface area contributed by atoms with Gasteiger partial charge in [-0.25, -0.2) is 8.42 Å². The van der Waals surface area contributed by atoms with Gasteiger partial charge in [0.2, 0.25) is 15.9 Å². The zero-order chi connectivity index (χ0) is 19.2. The molecule has 0 aromatic heterocycles. The molecule has 2 saturated heterocycles. The van der Waals surface area contributed by atoms with E-state index in [9.17, 15) is 13.2 Å². The number of hydrogen-bond acceptors (Lipinski definition) is 4. The molecule has 156 valence electrons. The van der Waals surface area contributed by atoms with Gasteiger partial charge in [-0.2, -0.15) is 4.31 Å². The van der Waals surface area contributed by atoms with Crippen LogP contribution >= 0.6 is 12.4 Å². The van der Waals surface area contributed by atoms with Crippen molar-refractivity contribution in [1.29, 1.82) is 0 Å². The minimum absolute atomic E-state index is 0. The monoisotopic (exact) mass is 427 g/mol. The SMILES string of the molecule is Cc1ccc(C)c(S(=O)(=O)N2CCN(C(=O)C3CC34CCNCC4)CC2)c1.Cl. The molecule has 2 heterocycles. The number of piperidine rings is 1. The van der Waals surface area contributed by atoms with E-state index in [2.05, 4.69) is 5.32 Å². The second kappa shape index (κ2) is 7.94. The molecule has 4 rings (SSSR count). The van der Waals surface area contributed by atoms with Crippen LogP contribution in [0.4, 0.5) is 0 Å². The zero-order valence-corrected chi connectivity index (χ0v) is 18.2. The average molecular weight is 428 g/mol. The minimum Gasteiger partial charge on any atom is -0.340 e. The summed E-state index contributed by atoms with van der Waals surface area (Å²) in [5.41, 5.74) is 1.93. The lowest BCUT2D eigenvalue weighted by Crippen LogP contribution is -2.51. The first kappa shape index (κ1) is 21.6. The number of carbonyl (C=O) groups excluding carboxylic acids is 1. The number of aryl methyl sites for hydroxylation is 2. The summed E-state index contributed by atoms with van der Waals surface area (Å²) >= 11 is 0. The molecule has 1 aromatic carbocycles. The number of amides is 1.